The first-order valence-electron chi connectivity index (χ1n) is 8.28. The normalized spacial score (nSPS) is 11.4. The molecule has 2 aromatic carbocycles. The number of hydrogen-bond acceptors (Lipinski definition) is 7. The smallest absolute Gasteiger partial charge is 0.336 e. The van der Waals surface area contributed by atoms with Gasteiger partial charge in [-0.15, -0.1) is 10.2 Å². The van der Waals surface area contributed by atoms with Crippen LogP contribution in [0.5, 0.6) is 0 Å². The molecular weight excluding hydrogens is 384 g/mol. The lowest BCUT2D eigenvalue weighted by atomic mass is 10.0. The highest BCUT2D eigenvalue weighted by atomic mass is 32.2. The summed E-state index contributed by atoms with van der Waals surface area (Å²) in [4.78, 5) is 12.0. The van der Waals surface area contributed by atoms with E-state index in [9.17, 15) is 4.79 Å². The Hall–Kier alpha value is -1.83. The first kappa shape index (κ1) is 17.6. The Bertz CT molecular complexity index is 1120. The van der Waals surface area contributed by atoms with E-state index in [1.807, 2.05) is 24.3 Å². The van der Waals surface area contributed by atoms with Gasteiger partial charge in [0, 0.05) is 23.0 Å². The highest BCUT2D eigenvalue weighted by Crippen LogP contribution is 2.34. The molecule has 26 heavy (non-hydrogen) atoms. The molecule has 0 atom stereocenters. The SMILES string of the molecule is CCCSc1nnc(SCc2cc(=O)oc3ccc4ccccc4c23)s1. The van der Waals surface area contributed by atoms with Crippen LogP contribution in [0, 0.1) is 0 Å². The van der Waals surface area contributed by atoms with E-state index in [0.29, 0.717) is 11.3 Å². The van der Waals surface area contributed by atoms with Crippen molar-refractivity contribution in [1.29, 1.82) is 0 Å². The van der Waals surface area contributed by atoms with Gasteiger partial charge in [0.1, 0.15) is 5.58 Å². The Kier molecular flexibility index (Phi) is 5.28. The van der Waals surface area contributed by atoms with Crippen LogP contribution in [-0.4, -0.2) is 16.0 Å². The predicted molar refractivity (Wildman–Crippen MR) is 110 cm³/mol. The molecule has 0 amide bonds. The molecule has 0 saturated heterocycles. The summed E-state index contributed by atoms with van der Waals surface area (Å²) >= 11 is 4.95. The predicted octanol–water partition coefficient (Wildman–Crippen LogP) is 5.59. The zero-order valence-electron chi connectivity index (χ0n) is 14.1. The summed E-state index contributed by atoms with van der Waals surface area (Å²) in [7, 11) is 0. The maximum atomic E-state index is 12.0. The summed E-state index contributed by atoms with van der Waals surface area (Å²) in [5, 5.41) is 11.7. The van der Waals surface area contributed by atoms with E-state index in [4.69, 9.17) is 4.42 Å². The van der Waals surface area contributed by atoms with Gasteiger partial charge in [-0.25, -0.2) is 4.79 Å². The fraction of sp³-hybridized carbons (Fsp3) is 0.211. The standard InChI is InChI=1S/C19H16N2O2S3/c1-2-9-24-18-20-21-19(26-18)25-11-13-10-16(22)23-15-8-7-12-5-3-4-6-14(12)17(13)15/h3-8,10H,2,9,11H2,1H3. The van der Waals surface area contributed by atoms with Crippen LogP contribution in [0.1, 0.15) is 18.9 Å². The molecule has 0 spiro atoms. The Morgan fingerprint density at radius 1 is 1.08 bits per heavy atom. The van der Waals surface area contributed by atoms with E-state index in [1.165, 1.54) is 0 Å². The minimum absolute atomic E-state index is 0.320. The molecule has 7 heteroatoms. The minimum atomic E-state index is -0.320. The quantitative estimate of drug-likeness (QED) is 0.239. The van der Waals surface area contributed by atoms with E-state index in [2.05, 4.69) is 29.3 Å². The van der Waals surface area contributed by atoms with Crippen LogP contribution in [0.2, 0.25) is 0 Å². The molecule has 2 heterocycles. The average molecular weight is 401 g/mol. The van der Waals surface area contributed by atoms with Crippen molar-refractivity contribution < 1.29 is 4.42 Å². The van der Waals surface area contributed by atoms with Crippen LogP contribution >= 0.6 is 34.9 Å². The molecule has 0 saturated carbocycles. The monoisotopic (exact) mass is 400 g/mol. The van der Waals surface area contributed by atoms with E-state index in [-0.39, 0.29) is 5.63 Å². The van der Waals surface area contributed by atoms with Gasteiger partial charge in [-0.2, -0.15) is 0 Å². The number of fused-ring (bicyclic) bond motifs is 3. The lowest BCUT2D eigenvalue weighted by molar-refractivity contribution is 0.560. The van der Waals surface area contributed by atoms with Crippen molar-refractivity contribution in [3.63, 3.8) is 0 Å². The Morgan fingerprint density at radius 3 is 2.73 bits per heavy atom. The summed E-state index contributed by atoms with van der Waals surface area (Å²) in [5.74, 6) is 1.71. The zero-order valence-corrected chi connectivity index (χ0v) is 16.5. The van der Waals surface area contributed by atoms with Crippen molar-refractivity contribution in [3.8, 4) is 0 Å². The number of nitrogens with zero attached hydrogens (tertiary/aromatic N) is 2. The van der Waals surface area contributed by atoms with Gasteiger partial charge in [0.25, 0.3) is 0 Å². The number of rotatable bonds is 6. The van der Waals surface area contributed by atoms with Gasteiger partial charge in [0.15, 0.2) is 8.68 Å². The van der Waals surface area contributed by atoms with Gasteiger partial charge in [-0.1, -0.05) is 72.1 Å². The van der Waals surface area contributed by atoms with Crippen molar-refractivity contribution in [2.45, 2.75) is 27.8 Å². The van der Waals surface area contributed by atoms with Crippen LogP contribution in [-0.2, 0) is 5.75 Å². The van der Waals surface area contributed by atoms with E-state index in [0.717, 1.165) is 42.6 Å². The maximum absolute atomic E-state index is 12.0. The second-order valence-corrected chi connectivity index (χ2v) is 9.26. The summed E-state index contributed by atoms with van der Waals surface area (Å²) in [6.07, 6.45) is 1.12. The second kappa shape index (κ2) is 7.82. The molecule has 0 aliphatic heterocycles. The van der Waals surface area contributed by atoms with Gasteiger partial charge in [0.2, 0.25) is 0 Å². The third kappa shape index (κ3) is 3.65. The van der Waals surface area contributed by atoms with E-state index < -0.39 is 0 Å². The van der Waals surface area contributed by atoms with Crippen LogP contribution < -0.4 is 5.63 Å². The minimum Gasteiger partial charge on any atom is -0.423 e. The van der Waals surface area contributed by atoms with E-state index >= 15 is 0 Å². The fourth-order valence-electron chi connectivity index (χ4n) is 2.78. The molecule has 132 valence electrons. The van der Waals surface area contributed by atoms with Crippen LogP contribution in [0.3, 0.4) is 0 Å². The van der Waals surface area contributed by atoms with Crippen molar-refractivity contribution >= 4 is 56.6 Å². The number of aromatic nitrogens is 2. The molecule has 0 radical (unpaired) electrons. The molecule has 0 fully saturated rings. The van der Waals surface area contributed by atoms with Gasteiger partial charge in [-0.3, -0.25) is 0 Å². The number of benzene rings is 2. The summed E-state index contributed by atoms with van der Waals surface area (Å²) in [5.41, 5.74) is 1.28. The molecule has 0 N–H and O–H groups in total. The third-order valence-corrected chi connectivity index (χ3v) is 7.33. The molecule has 0 aliphatic carbocycles. The van der Waals surface area contributed by atoms with Gasteiger partial charge in [-0.05, 0) is 28.8 Å². The summed E-state index contributed by atoms with van der Waals surface area (Å²) in [6.45, 7) is 2.15. The highest BCUT2D eigenvalue weighted by Gasteiger charge is 2.12. The topological polar surface area (TPSA) is 56.0 Å². The van der Waals surface area contributed by atoms with Crippen LogP contribution in [0.25, 0.3) is 21.7 Å². The summed E-state index contributed by atoms with van der Waals surface area (Å²) < 4.78 is 7.34. The lowest BCUT2D eigenvalue weighted by Gasteiger charge is -2.07. The molecule has 4 aromatic rings. The highest BCUT2D eigenvalue weighted by molar-refractivity contribution is 8.02. The van der Waals surface area contributed by atoms with Crippen molar-refractivity contribution in [1.82, 2.24) is 10.2 Å². The third-order valence-electron chi connectivity index (χ3n) is 3.88. The largest absolute Gasteiger partial charge is 0.423 e. The molecule has 4 rings (SSSR count). The molecule has 0 unspecified atom stereocenters. The second-order valence-electron chi connectivity index (χ2n) is 5.72. The van der Waals surface area contributed by atoms with Crippen molar-refractivity contribution in [3.05, 3.63) is 58.4 Å². The van der Waals surface area contributed by atoms with Gasteiger partial charge < -0.3 is 4.42 Å². The van der Waals surface area contributed by atoms with Crippen molar-refractivity contribution in [2.24, 2.45) is 0 Å². The molecule has 2 aromatic heterocycles. The first-order valence-corrected chi connectivity index (χ1v) is 11.1. The van der Waals surface area contributed by atoms with Crippen LogP contribution in [0.15, 0.2) is 60.4 Å². The van der Waals surface area contributed by atoms with Gasteiger partial charge >= 0.3 is 5.63 Å². The van der Waals surface area contributed by atoms with Gasteiger partial charge in [0.05, 0.1) is 0 Å². The summed E-state index contributed by atoms with van der Waals surface area (Å²) in [6, 6.07) is 13.6. The first-order chi connectivity index (χ1) is 12.7. The van der Waals surface area contributed by atoms with Crippen LogP contribution in [0.4, 0.5) is 0 Å². The van der Waals surface area contributed by atoms with Crippen molar-refractivity contribution in [2.75, 3.05) is 5.75 Å². The molecular formula is C19H16N2O2S3. The maximum Gasteiger partial charge on any atom is 0.336 e. The fourth-order valence-corrected chi connectivity index (χ4v) is 5.70. The Balaban J connectivity index is 1.68. The Labute approximate surface area is 163 Å². The number of hydrogen-bond donors (Lipinski definition) is 0. The molecule has 0 aliphatic rings. The molecule has 4 nitrogen and oxygen atoms in total. The Morgan fingerprint density at radius 2 is 1.88 bits per heavy atom. The number of thioether (sulfide) groups is 2. The average Bonchev–Trinajstić information content (AvgIpc) is 3.11. The van der Waals surface area contributed by atoms with E-state index in [1.54, 1.807) is 40.9 Å². The molecule has 0 bridgehead atoms. The zero-order chi connectivity index (χ0) is 17.9. The lowest BCUT2D eigenvalue weighted by Crippen LogP contribution is -2.00.